The molecule has 1 aliphatic heterocycles. The first-order valence-electron chi connectivity index (χ1n) is 8.25. The average molecular weight is 365 g/mol. The van der Waals surface area contributed by atoms with Gasteiger partial charge in [-0.1, -0.05) is 30.7 Å². The highest BCUT2D eigenvalue weighted by molar-refractivity contribution is 6.33. The highest BCUT2D eigenvalue weighted by atomic mass is 35.5. The van der Waals surface area contributed by atoms with Crippen LogP contribution in [-0.2, 0) is 6.54 Å². The predicted octanol–water partition coefficient (Wildman–Crippen LogP) is 1.79. The van der Waals surface area contributed by atoms with E-state index in [9.17, 15) is 4.79 Å². The zero-order chi connectivity index (χ0) is 17.6. The molecule has 0 unspecified atom stereocenters. The molecule has 2 heterocycles. The summed E-state index contributed by atoms with van der Waals surface area (Å²) in [5.74, 6) is 0.725. The number of halogens is 1. The molecular formula is C16H21ClN6O2. The number of rotatable bonds is 6. The van der Waals surface area contributed by atoms with E-state index in [1.165, 1.54) is 0 Å². The highest BCUT2D eigenvalue weighted by Crippen LogP contribution is 2.26. The lowest BCUT2D eigenvalue weighted by molar-refractivity contribution is 0.186. The third-order valence-corrected chi connectivity index (χ3v) is 4.16. The van der Waals surface area contributed by atoms with Crippen molar-refractivity contribution in [1.82, 2.24) is 31.3 Å². The quantitative estimate of drug-likeness (QED) is 0.723. The van der Waals surface area contributed by atoms with Crippen LogP contribution in [0.2, 0.25) is 5.02 Å². The van der Waals surface area contributed by atoms with Gasteiger partial charge in [0.05, 0.1) is 16.6 Å². The van der Waals surface area contributed by atoms with Crippen molar-refractivity contribution in [2.24, 2.45) is 0 Å². The first-order valence-corrected chi connectivity index (χ1v) is 8.63. The van der Waals surface area contributed by atoms with Crippen molar-refractivity contribution in [3.8, 4) is 11.5 Å². The Bertz CT molecular complexity index is 716. The summed E-state index contributed by atoms with van der Waals surface area (Å²) in [5.41, 5.74) is 6.66. The summed E-state index contributed by atoms with van der Waals surface area (Å²) in [4.78, 5) is 14.1. The maximum atomic E-state index is 12.5. The van der Waals surface area contributed by atoms with E-state index in [0.717, 1.165) is 6.42 Å². The zero-order valence-corrected chi connectivity index (χ0v) is 14.7. The maximum absolute atomic E-state index is 12.5. The molecule has 1 aliphatic rings. The Labute approximate surface area is 150 Å². The van der Waals surface area contributed by atoms with E-state index in [4.69, 9.17) is 16.0 Å². The van der Waals surface area contributed by atoms with Crippen LogP contribution in [0.5, 0.6) is 0 Å². The Kier molecular flexibility index (Phi) is 5.85. The number of benzene rings is 1. The van der Waals surface area contributed by atoms with Gasteiger partial charge in [0, 0.05) is 19.6 Å². The summed E-state index contributed by atoms with van der Waals surface area (Å²) in [6.07, 6.45) is 0.833. The molecule has 0 atom stereocenters. The first kappa shape index (κ1) is 17.7. The van der Waals surface area contributed by atoms with E-state index in [1.54, 1.807) is 11.0 Å². The third kappa shape index (κ3) is 4.47. The van der Waals surface area contributed by atoms with Crippen molar-refractivity contribution in [3.05, 3.63) is 35.2 Å². The number of carbonyl (C=O) groups is 1. The molecule has 3 rings (SSSR count). The van der Waals surface area contributed by atoms with Crippen LogP contribution >= 0.6 is 11.6 Å². The lowest BCUT2D eigenvalue weighted by Gasteiger charge is -2.22. The summed E-state index contributed by atoms with van der Waals surface area (Å²) >= 11 is 6.15. The van der Waals surface area contributed by atoms with Crippen LogP contribution in [0.1, 0.15) is 19.2 Å². The molecule has 9 heteroatoms. The molecule has 25 heavy (non-hydrogen) atoms. The van der Waals surface area contributed by atoms with Gasteiger partial charge in [0.1, 0.15) is 6.54 Å². The van der Waals surface area contributed by atoms with Crippen molar-refractivity contribution >= 4 is 17.6 Å². The van der Waals surface area contributed by atoms with Gasteiger partial charge in [-0.25, -0.2) is 4.79 Å². The second-order valence-corrected chi connectivity index (χ2v) is 6.22. The topological polar surface area (TPSA) is 95.3 Å². The van der Waals surface area contributed by atoms with Crippen molar-refractivity contribution in [3.63, 3.8) is 0 Å². The van der Waals surface area contributed by atoms with Crippen LogP contribution in [-0.4, -0.2) is 46.8 Å². The Morgan fingerprint density at radius 1 is 1.36 bits per heavy atom. The van der Waals surface area contributed by atoms with Crippen LogP contribution in [0.15, 0.2) is 28.7 Å². The summed E-state index contributed by atoms with van der Waals surface area (Å²) < 4.78 is 5.69. The SMILES string of the molecule is CCCN(Cc1nnc(-c2ccccc2Cl)o1)C(=O)NC1CNNC1. The van der Waals surface area contributed by atoms with E-state index in [2.05, 4.69) is 26.4 Å². The van der Waals surface area contributed by atoms with Gasteiger partial charge in [-0.3, -0.25) is 10.9 Å². The van der Waals surface area contributed by atoms with Gasteiger partial charge in [-0.05, 0) is 18.6 Å². The summed E-state index contributed by atoms with van der Waals surface area (Å²) in [6.45, 7) is 4.27. The lowest BCUT2D eigenvalue weighted by atomic mass is 10.2. The van der Waals surface area contributed by atoms with Gasteiger partial charge in [0.2, 0.25) is 11.8 Å². The van der Waals surface area contributed by atoms with Crippen LogP contribution in [0.4, 0.5) is 4.79 Å². The van der Waals surface area contributed by atoms with Crippen LogP contribution in [0.3, 0.4) is 0 Å². The van der Waals surface area contributed by atoms with Gasteiger partial charge in [0.25, 0.3) is 0 Å². The number of hydrogen-bond donors (Lipinski definition) is 3. The minimum Gasteiger partial charge on any atom is -0.419 e. The Balaban J connectivity index is 1.68. The number of amides is 2. The van der Waals surface area contributed by atoms with Crippen molar-refractivity contribution in [2.75, 3.05) is 19.6 Å². The average Bonchev–Trinajstić information content (AvgIpc) is 3.27. The minimum atomic E-state index is -0.144. The van der Waals surface area contributed by atoms with Crippen molar-refractivity contribution in [2.45, 2.75) is 25.9 Å². The predicted molar refractivity (Wildman–Crippen MR) is 93.8 cm³/mol. The number of nitrogens with one attached hydrogen (secondary N) is 3. The second kappa shape index (κ2) is 8.28. The van der Waals surface area contributed by atoms with Gasteiger partial charge in [-0.2, -0.15) is 0 Å². The number of hydrogen-bond acceptors (Lipinski definition) is 6. The number of urea groups is 1. The number of hydrazine groups is 1. The fourth-order valence-electron chi connectivity index (χ4n) is 2.58. The minimum absolute atomic E-state index is 0.0632. The fraction of sp³-hybridized carbons (Fsp3) is 0.438. The molecule has 1 fully saturated rings. The Hall–Kier alpha value is -2.16. The molecule has 0 bridgehead atoms. The first-order chi connectivity index (χ1) is 12.2. The normalized spacial score (nSPS) is 14.6. The van der Waals surface area contributed by atoms with Gasteiger partial charge in [0.15, 0.2) is 0 Å². The molecule has 1 saturated heterocycles. The zero-order valence-electron chi connectivity index (χ0n) is 14.0. The number of carbonyl (C=O) groups excluding carboxylic acids is 1. The van der Waals surface area contributed by atoms with E-state index >= 15 is 0 Å². The third-order valence-electron chi connectivity index (χ3n) is 3.83. The molecule has 0 saturated carbocycles. The van der Waals surface area contributed by atoms with Crippen LogP contribution in [0.25, 0.3) is 11.5 Å². The van der Waals surface area contributed by atoms with Crippen LogP contribution in [0, 0.1) is 0 Å². The van der Waals surface area contributed by atoms with E-state index in [-0.39, 0.29) is 18.6 Å². The van der Waals surface area contributed by atoms with Gasteiger partial charge >= 0.3 is 6.03 Å². The van der Waals surface area contributed by atoms with Crippen molar-refractivity contribution in [1.29, 1.82) is 0 Å². The molecule has 134 valence electrons. The summed E-state index contributed by atoms with van der Waals surface area (Å²) in [6, 6.07) is 7.19. The Morgan fingerprint density at radius 2 is 2.12 bits per heavy atom. The monoisotopic (exact) mass is 364 g/mol. The molecule has 8 nitrogen and oxygen atoms in total. The van der Waals surface area contributed by atoms with Gasteiger partial charge in [-0.15, -0.1) is 10.2 Å². The van der Waals surface area contributed by atoms with Crippen molar-refractivity contribution < 1.29 is 9.21 Å². The summed E-state index contributed by atoms with van der Waals surface area (Å²) in [5, 5.41) is 11.6. The standard InChI is InChI=1S/C16H21ClN6O2/c1-2-7-23(16(24)20-11-8-18-19-9-11)10-14-21-22-15(25-14)12-5-3-4-6-13(12)17/h3-6,11,18-19H,2,7-10H2,1H3,(H,20,24). The van der Waals surface area contributed by atoms with E-state index in [1.807, 2.05) is 25.1 Å². The second-order valence-electron chi connectivity index (χ2n) is 5.81. The molecule has 0 aliphatic carbocycles. The fourth-order valence-corrected chi connectivity index (χ4v) is 2.79. The van der Waals surface area contributed by atoms with E-state index in [0.29, 0.717) is 42.0 Å². The molecule has 0 spiro atoms. The molecule has 1 aromatic heterocycles. The summed E-state index contributed by atoms with van der Waals surface area (Å²) in [7, 11) is 0. The molecular weight excluding hydrogens is 344 g/mol. The van der Waals surface area contributed by atoms with E-state index < -0.39 is 0 Å². The van der Waals surface area contributed by atoms with Gasteiger partial charge < -0.3 is 14.6 Å². The lowest BCUT2D eigenvalue weighted by Crippen LogP contribution is -2.46. The Morgan fingerprint density at radius 3 is 2.84 bits per heavy atom. The molecule has 2 aromatic rings. The van der Waals surface area contributed by atoms with Crippen LogP contribution < -0.4 is 16.2 Å². The molecule has 2 amide bonds. The molecule has 0 radical (unpaired) electrons. The highest BCUT2D eigenvalue weighted by Gasteiger charge is 2.22. The molecule has 3 N–H and O–H groups in total. The largest absolute Gasteiger partial charge is 0.419 e. The number of nitrogens with zero attached hydrogens (tertiary/aromatic N) is 3. The maximum Gasteiger partial charge on any atom is 0.318 e. The smallest absolute Gasteiger partial charge is 0.318 e. The molecule has 1 aromatic carbocycles. The number of aromatic nitrogens is 2.